The van der Waals surface area contributed by atoms with Crippen LogP contribution in [0.4, 0.5) is 5.69 Å². The Bertz CT molecular complexity index is 811. The third-order valence-electron chi connectivity index (χ3n) is 5.77. The van der Waals surface area contributed by atoms with Crippen molar-refractivity contribution in [2.75, 3.05) is 31.6 Å². The SMILES string of the molecule is C/C=C\N=C(C)C(C)N(C)c1ccc(OCC2CCN(C(C)=O)CC2)cc1C(N)=O. The van der Waals surface area contributed by atoms with E-state index in [2.05, 4.69) is 4.99 Å². The highest BCUT2D eigenvalue weighted by molar-refractivity contribution is 6.00. The molecule has 1 aromatic carbocycles. The molecule has 0 saturated carbocycles. The molecule has 1 aliphatic rings. The molecule has 0 spiro atoms. The van der Waals surface area contributed by atoms with E-state index in [1.807, 2.05) is 55.8 Å². The maximum absolute atomic E-state index is 12.1. The molecule has 2 rings (SSSR count). The number of nitrogens with zero attached hydrogens (tertiary/aromatic N) is 3. The van der Waals surface area contributed by atoms with Crippen LogP contribution < -0.4 is 15.4 Å². The molecule has 1 aliphatic heterocycles. The molecule has 1 unspecified atom stereocenters. The highest BCUT2D eigenvalue weighted by Crippen LogP contribution is 2.27. The van der Waals surface area contributed by atoms with E-state index < -0.39 is 5.91 Å². The number of ether oxygens (including phenoxy) is 1. The number of benzene rings is 1. The first kappa shape index (κ1) is 23.4. The molecule has 0 aliphatic carbocycles. The van der Waals surface area contributed by atoms with E-state index in [0.29, 0.717) is 23.8 Å². The van der Waals surface area contributed by atoms with E-state index in [1.54, 1.807) is 19.2 Å². The van der Waals surface area contributed by atoms with Crippen molar-refractivity contribution in [2.24, 2.45) is 16.6 Å². The van der Waals surface area contributed by atoms with Crippen molar-refractivity contribution in [3.05, 3.63) is 36.0 Å². The van der Waals surface area contributed by atoms with Gasteiger partial charge >= 0.3 is 0 Å². The number of likely N-dealkylation sites (tertiary alicyclic amines) is 1. The van der Waals surface area contributed by atoms with Gasteiger partial charge in [-0.2, -0.15) is 0 Å². The summed E-state index contributed by atoms with van der Waals surface area (Å²) in [7, 11) is 1.92. The summed E-state index contributed by atoms with van der Waals surface area (Å²) in [5, 5.41) is 0. The standard InChI is InChI=1S/C23H34N4O3/c1-6-11-25-16(2)17(3)26(5)22-8-7-20(14-21(22)23(24)29)30-15-19-9-12-27(13-10-19)18(4)28/h6-8,11,14,17,19H,9-10,12-13,15H2,1-5H3,(H2,24,29)/b11-6-,25-16?. The third-order valence-corrected chi connectivity index (χ3v) is 5.77. The van der Waals surface area contributed by atoms with Crippen molar-refractivity contribution in [1.29, 1.82) is 0 Å². The van der Waals surface area contributed by atoms with Gasteiger partial charge < -0.3 is 20.3 Å². The molecule has 2 amide bonds. The summed E-state index contributed by atoms with van der Waals surface area (Å²) in [6, 6.07) is 5.45. The first-order chi connectivity index (χ1) is 14.2. The van der Waals surface area contributed by atoms with Gasteiger partial charge in [-0.15, -0.1) is 0 Å². The van der Waals surface area contributed by atoms with Crippen molar-refractivity contribution in [2.45, 2.75) is 46.6 Å². The molecular weight excluding hydrogens is 380 g/mol. The highest BCUT2D eigenvalue weighted by Gasteiger charge is 2.22. The lowest BCUT2D eigenvalue weighted by molar-refractivity contribution is -0.130. The smallest absolute Gasteiger partial charge is 0.250 e. The van der Waals surface area contributed by atoms with Crippen LogP contribution in [0.15, 0.2) is 35.5 Å². The van der Waals surface area contributed by atoms with Crippen LogP contribution >= 0.6 is 0 Å². The number of piperidine rings is 1. The lowest BCUT2D eigenvalue weighted by atomic mass is 9.98. The number of amides is 2. The first-order valence-corrected chi connectivity index (χ1v) is 10.4. The lowest BCUT2D eigenvalue weighted by Crippen LogP contribution is -2.38. The Morgan fingerprint density at radius 1 is 1.33 bits per heavy atom. The van der Waals surface area contributed by atoms with Gasteiger partial charge in [-0.05, 0) is 57.7 Å². The van der Waals surface area contributed by atoms with E-state index >= 15 is 0 Å². The van der Waals surface area contributed by atoms with Crippen molar-refractivity contribution in [3.63, 3.8) is 0 Å². The molecule has 1 heterocycles. The number of rotatable bonds is 8. The number of nitrogens with two attached hydrogens (primary N) is 1. The molecule has 2 N–H and O–H groups in total. The Hall–Kier alpha value is -2.83. The van der Waals surface area contributed by atoms with Crippen LogP contribution in [0.25, 0.3) is 0 Å². The van der Waals surface area contributed by atoms with E-state index in [0.717, 1.165) is 37.3 Å². The zero-order valence-electron chi connectivity index (χ0n) is 18.7. The van der Waals surface area contributed by atoms with Gasteiger partial charge in [0.2, 0.25) is 5.91 Å². The second-order valence-electron chi connectivity index (χ2n) is 7.84. The summed E-state index contributed by atoms with van der Waals surface area (Å²) in [4.78, 5) is 31.8. The molecule has 1 aromatic rings. The average Bonchev–Trinajstić information content (AvgIpc) is 2.74. The number of primary amides is 1. The fourth-order valence-corrected chi connectivity index (χ4v) is 3.53. The van der Waals surface area contributed by atoms with Gasteiger partial charge in [0, 0.05) is 39.0 Å². The largest absolute Gasteiger partial charge is 0.493 e. The predicted molar refractivity (Wildman–Crippen MR) is 121 cm³/mol. The molecular formula is C23H34N4O3. The summed E-state index contributed by atoms with van der Waals surface area (Å²) < 4.78 is 5.97. The summed E-state index contributed by atoms with van der Waals surface area (Å²) >= 11 is 0. The zero-order valence-corrected chi connectivity index (χ0v) is 18.7. The van der Waals surface area contributed by atoms with E-state index in [1.165, 1.54) is 0 Å². The maximum atomic E-state index is 12.1. The van der Waals surface area contributed by atoms with Crippen LogP contribution in [0.5, 0.6) is 5.75 Å². The van der Waals surface area contributed by atoms with Crippen LogP contribution in [0, 0.1) is 5.92 Å². The van der Waals surface area contributed by atoms with Crippen LogP contribution in [-0.2, 0) is 4.79 Å². The molecule has 0 radical (unpaired) electrons. The lowest BCUT2D eigenvalue weighted by Gasteiger charge is -2.31. The van der Waals surface area contributed by atoms with Crippen LogP contribution in [0.1, 0.15) is 50.9 Å². The van der Waals surface area contributed by atoms with Crippen LogP contribution in [-0.4, -0.2) is 55.2 Å². The molecule has 7 heteroatoms. The Kier molecular flexibility index (Phi) is 8.45. The highest BCUT2D eigenvalue weighted by atomic mass is 16.5. The van der Waals surface area contributed by atoms with Crippen LogP contribution in [0.2, 0.25) is 0 Å². The second kappa shape index (κ2) is 10.8. The number of anilines is 1. The van der Waals surface area contributed by atoms with E-state index in [4.69, 9.17) is 10.5 Å². The minimum absolute atomic E-state index is 0.00229. The Labute approximate surface area is 179 Å². The number of hydrogen-bond acceptors (Lipinski definition) is 5. The third kappa shape index (κ3) is 6.08. The van der Waals surface area contributed by atoms with Gasteiger partial charge in [0.05, 0.1) is 23.9 Å². The van der Waals surface area contributed by atoms with Gasteiger partial charge in [-0.3, -0.25) is 14.6 Å². The average molecular weight is 415 g/mol. The molecule has 164 valence electrons. The summed E-state index contributed by atoms with van der Waals surface area (Å²) in [6.07, 6.45) is 5.48. The zero-order chi connectivity index (χ0) is 22.3. The van der Waals surface area contributed by atoms with Crippen LogP contribution in [0.3, 0.4) is 0 Å². The topological polar surface area (TPSA) is 88.2 Å². The number of allylic oxidation sites excluding steroid dienone is 1. The monoisotopic (exact) mass is 414 g/mol. The molecule has 0 bridgehead atoms. The summed E-state index contributed by atoms with van der Waals surface area (Å²) in [6.45, 7) is 9.62. The molecule has 1 fully saturated rings. The molecule has 1 atom stereocenters. The van der Waals surface area contributed by atoms with Gasteiger partial charge in [-0.1, -0.05) is 6.08 Å². The quantitative estimate of drug-likeness (QED) is 0.662. The normalized spacial score (nSPS) is 16.6. The second-order valence-corrected chi connectivity index (χ2v) is 7.84. The van der Waals surface area contributed by atoms with E-state index in [9.17, 15) is 9.59 Å². The van der Waals surface area contributed by atoms with Crippen molar-refractivity contribution >= 4 is 23.2 Å². The fourth-order valence-electron chi connectivity index (χ4n) is 3.53. The number of carbonyl (C=O) groups is 2. The van der Waals surface area contributed by atoms with Gasteiger partial charge in [0.1, 0.15) is 5.75 Å². The Balaban J connectivity index is 2.08. The maximum Gasteiger partial charge on any atom is 0.250 e. The van der Waals surface area contributed by atoms with Gasteiger partial charge in [-0.25, -0.2) is 0 Å². The number of aliphatic imine (C=N–C) groups is 1. The molecule has 7 nitrogen and oxygen atoms in total. The Morgan fingerprint density at radius 2 is 2.00 bits per heavy atom. The van der Waals surface area contributed by atoms with Gasteiger partial charge in [0.25, 0.3) is 5.91 Å². The number of carbonyl (C=O) groups excluding carboxylic acids is 2. The molecule has 1 saturated heterocycles. The van der Waals surface area contributed by atoms with Crippen molar-refractivity contribution < 1.29 is 14.3 Å². The minimum atomic E-state index is -0.493. The molecule has 30 heavy (non-hydrogen) atoms. The summed E-state index contributed by atoms with van der Waals surface area (Å²) in [5.74, 6) is 0.653. The van der Waals surface area contributed by atoms with Gasteiger partial charge in [0.15, 0.2) is 0 Å². The van der Waals surface area contributed by atoms with E-state index in [-0.39, 0.29) is 11.9 Å². The Morgan fingerprint density at radius 3 is 2.57 bits per heavy atom. The number of hydrogen-bond donors (Lipinski definition) is 1. The summed E-state index contributed by atoms with van der Waals surface area (Å²) in [5.41, 5.74) is 7.76. The fraction of sp³-hybridized carbons (Fsp3) is 0.522. The van der Waals surface area contributed by atoms with Crippen molar-refractivity contribution in [3.8, 4) is 5.75 Å². The van der Waals surface area contributed by atoms with Crippen molar-refractivity contribution in [1.82, 2.24) is 4.90 Å². The first-order valence-electron chi connectivity index (χ1n) is 10.4. The predicted octanol–water partition coefficient (Wildman–Crippen LogP) is 3.24. The minimum Gasteiger partial charge on any atom is -0.493 e. The molecule has 0 aromatic heterocycles.